The molecule has 1 aromatic heterocycles. The molecule has 0 amide bonds. The largest absolute Gasteiger partial charge is 0.497 e. The SMILES string of the molecule is COc1cccc(Oc2cc(CNC(C)C)cc(C)n2)c1. The van der Waals surface area contributed by atoms with Crippen molar-refractivity contribution in [3.05, 3.63) is 47.7 Å². The molecule has 2 rings (SSSR count). The molecule has 112 valence electrons. The molecule has 2 aromatic rings. The van der Waals surface area contributed by atoms with E-state index >= 15 is 0 Å². The highest BCUT2D eigenvalue weighted by atomic mass is 16.5. The number of ether oxygens (including phenoxy) is 2. The van der Waals surface area contributed by atoms with E-state index in [1.807, 2.05) is 37.3 Å². The van der Waals surface area contributed by atoms with E-state index in [0.717, 1.165) is 29.3 Å². The zero-order valence-electron chi connectivity index (χ0n) is 13.0. The van der Waals surface area contributed by atoms with E-state index in [1.54, 1.807) is 7.11 Å². The number of aryl methyl sites for hydroxylation is 1. The van der Waals surface area contributed by atoms with Gasteiger partial charge in [-0.3, -0.25) is 0 Å². The highest BCUT2D eigenvalue weighted by molar-refractivity contribution is 5.36. The molecule has 0 saturated heterocycles. The first-order valence-corrected chi connectivity index (χ1v) is 7.09. The Morgan fingerprint density at radius 1 is 1.14 bits per heavy atom. The minimum absolute atomic E-state index is 0.446. The molecule has 0 aliphatic rings. The smallest absolute Gasteiger partial charge is 0.219 e. The van der Waals surface area contributed by atoms with Gasteiger partial charge in [-0.25, -0.2) is 4.98 Å². The van der Waals surface area contributed by atoms with Crippen LogP contribution in [0.4, 0.5) is 0 Å². The monoisotopic (exact) mass is 286 g/mol. The third kappa shape index (κ3) is 4.76. The molecule has 1 heterocycles. The van der Waals surface area contributed by atoms with E-state index in [1.165, 1.54) is 0 Å². The maximum absolute atomic E-state index is 5.83. The number of methoxy groups -OCH3 is 1. The van der Waals surface area contributed by atoms with E-state index in [-0.39, 0.29) is 0 Å². The molecule has 4 nitrogen and oxygen atoms in total. The normalized spacial score (nSPS) is 10.7. The molecule has 0 spiro atoms. The Labute approximate surface area is 126 Å². The standard InChI is InChI=1S/C17H22N2O2/c1-12(2)18-11-14-8-13(3)19-17(9-14)21-16-7-5-6-15(10-16)20-4/h5-10,12,18H,11H2,1-4H3. The summed E-state index contributed by atoms with van der Waals surface area (Å²) in [6, 6.07) is 12.0. The van der Waals surface area contributed by atoms with Gasteiger partial charge in [0.1, 0.15) is 11.5 Å². The molecule has 0 saturated carbocycles. The first-order chi connectivity index (χ1) is 10.1. The molecule has 0 atom stereocenters. The Bertz CT molecular complexity index is 597. The van der Waals surface area contributed by atoms with Crippen molar-refractivity contribution in [2.75, 3.05) is 7.11 Å². The minimum atomic E-state index is 0.446. The van der Waals surface area contributed by atoms with Gasteiger partial charge in [0.2, 0.25) is 5.88 Å². The Kier molecular flexibility index (Phi) is 5.17. The van der Waals surface area contributed by atoms with Crippen molar-refractivity contribution in [1.29, 1.82) is 0 Å². The number of rotatable bonds is 6. The second kappa shape index (κ2) is 7.09. The van der Waals surface area contributed by atoms with Gasteiger partial charge in [-0.2, -0.15) is 0 Å². The van der Waals surface area contributed by atoms with Crippen LogP contribution in [-0.2, 0) is 6.54 Å². The number of nitrogens with zero attached hydrogens (tertiary/aromatic N) is 1. The topological polar surface area (TPSA) is 43.4 Å². The number of hydrogen-bond donors (Lipinski definition) is 1. The first kappa shape index (κ1) is 15.3. The quantitative estimate of drug-likeness (QED) is 0.879. The van der Waals surface area contributed by atoms with Gasteiger partial charge in [-0.05, 0) is 30.7 Å². The molecule has 1 aromatic carbocycles. The van der Waals surface area contributed by atoms with E-state index in [4.69, 9.17) is 9.47 Å². The highest BCUT2D eigenvalue weighted by Crippen LogP contribution is 2.24. The molecule has 21 heavy (non-hydrogen) atoms. The van der Waals surface area contributed by atoms with Crippen LogP contribution in [0.3, 0.4) is 0 Å². The second-order valence-electron chi connectivity index (χ2n) is 5.27. The van der Waals surface area contributed by atoms with Crippen molar-refractivity contribution in [1.82, 2.24) is 10.3 Å². The van der Waals surface area contributed by atoms with Crippen LogP contribution in [0.15, 0.2) is 36.4 Å². The molecule has 4 heteroatoms. The van der Waals surface area contributed by atoms with E-state index < -0.39 is 0 Å². The molecular weight excluding hydrogens is 264 g/mol. The van der Waals surface area contributed by atoms with Crippen molar-refractivity contribution < 1.29 is 9.47 Å². The summed E-state index contributed by atoms with van der Waals surface area (Å²) in [6.07, 6.45) is 0. The zero-order valence-corrected chi connectivity index (χ0v) is 13.0. The van der Waals surface area contributed by atoms with Crippen LogP contribution in [0.1, 0.15) is 25.1 Å². The summed E-state index contributed by atoms with van der Waals surface area (Å²) in [5, 5.41) is 3.39. The molecule has 0 radical (unpaired) electrons. The maximum Gasteiger partial charge on any atom is 0.219 e. The van der Waals surface area contributed by atoms with Crippen LogP contribution < -0.4 is 14.8 Å². The van der Waals surface area contributed by atoms with Crippen LogP contribution in [0.25, 0.3) is 0 Å². The van der Waals surface area contributed by atoms with Crippen molar-refractivity contribution >= 4 is 0 Å². The van der Waals surface area contributed by atoms with Crippen molar-refractivity contribution in [3.8, 4) is 17.4 Å². The summed E-state index contributed by atoms with van der Waals surface area (Å²) in [5.74, 6) is 2.08. The van der Waals surface area contributed by atoms with Gasteiger partial charge in [0.05, 0.1) is 7.11 Å². The summed E-state index contributed by atoms with van der Waals surface area (Å²) in [7, 11) is 1.64. The van der Waals surface area contributed by atoms with Crippen molar-refractivity contribution in [2.24, 2.45) is 0 Å². The molecule has 0 aliphatic heterocycles. The average molecular weight is 286 g/mol. The van der Waals surface area contributed by atoms with Crippen molar-refractivity contribution in [2.45, 2.75) is 33.4 Å². The summed E-state index contributed by atoms with van der Waals surface area (Å²) < 4.78 is 11.0. The van der Waals surface area contributed by atoms with Gasteiger partial charge in [-0.1, -0.05) is 19.9 Å². The highest BCUT2D eigenvalue weighted by Gasteiger charge is 2.05. The number of aromatic nitrogens is 1. The number of pyridine rings is 1. The maximum atomic E-state index is 5.83. The lowest BCUT2D eigenvalue weighted by Crippen LogP contribution is -2.21. The summed E-state index contributed by atoms with van der Waals surface area (Å²) in [5.41, 5.74) is 2.10. The molecule has 1 N–H and O–H groups in total. The van der Waals surface area contributed by atoms with Gasteiger partial charge in [0, 0.05) is 30.4 Å². The third-order valence-corrected chi connectivity index (χ3v) is 2.97. The Balaban J connectivity index is 2.15. The average Bonchev–Trinajstić information content (AvgIpc) is 2.45. The van der Waals surface area contributed by atoms with Crippen LogP contribution in [0.2, 0.25) is 0 Å². The Morgan fingerprint density at radius 3 is 2.62 bits per heavy atom. The predicted molar refractivity (Wildman–Crippen MR) is 84.0 cm³/mol. The van der Waals surface area contributed by atoms with Crippen LogP contribution in [0, 0.1) is 6.92 Å². The zero-order chi connectivity index (χ0) is 15.2. The molecule has 0 fully saturated rings. The minimum Gasteiger partial charge on any atom is -0.497 e. The fraction of sp³-hybridized carbons (Fsp3) is 0.353. The molecule has 0 aliphatic carbocycles. The third-order valence-electron chi connectivity index (χ3n) is 2.97. The van der Waals surface area contributed by atoms with E-state index in [2.05, 4.69) is 30.2 Å². The number of nitrogens with one attached hydrogen (secondary N) is 1. The van der Waals surface area contributed by atoms with Crippen LogP contribution in [-0.4, -0.2) is 18.1 Å². The predicted octanol–water partition coefficient (Wildman–Crippen LogP) is 3.69. The Morgan fingerprint density at radius 2 is 1.90 bits per heavy atom. The lowest BCUT2D eigenvalue weighted by atomic mass is 10.2. The summed E-state index contributed by atoms with van der Waals surface area (Å²) >= 11 is 0. The molecule has 0 unspecified atom stereocenters. The van der Waals surface area contributed by atoms with Crippen molar-refractivity contribution in [3.63, 3.8) is 0 Å². The van der Waals surface area contributed by atoms with Gasteiger partial charge < -0.3 is 14.8 Å². The number of benzene rings is 1. The molecular formula is C17H22N2O2. The van der Waals surface area contributed by atoms with Gasteiger partial charge in [0.25, 0.3) is 0 Å². The first-order valence-electron chi connectivity index (χ1n) is 7.09. The van der Waals surface area contributed by atoms with E-state index in [0.29, 0.717) is 11.9 Å². The van der Waals surface area contributed by atoms with Gasteiger partial charge in [0.15, 0.2) is 0 Å². The van der Waals surface area contributed by atoms with E-state index in [9.17, 15) is 0 Å². The molecule has 0 bridgehead atoms. The Hall–Kier alpha value is -2.07. The van der Waals surface area contributed by atoms with Crippen LogP contribution in [0.5, 0.6) is 17.4 Å². The van der Waals surface area contributed by atoms with Gasteiger partial charge >= 0.3 is 0 Å². The summed E-state index contributed by atoms with van der Waals surface area (Å²) in [6.45, 7) is 7.02. The lowest BCUT2D eigenvalue weighted by Gasteiger charge is -2.11. The van der Waals surface area contributed by atoms with Crippen LogP contribution >= 0.6 is 0 Å². The second-order valence-corrected chi connectivity index (χ2v) is 5.27. The number of hydrogen-bond acceptors (Lipinski definition) is 4. The fourth-order valence-corrected chi connectivity index (χ4v) is 1.97. The summed E-state index contributed by atoms with van der Waals surface area (Å²) in [4.78, 5) is 4.42. The van der Waals surface area contributed by atoms with Gasteiger partial charge in [-0.15, -0.1) is 0 Å². The fourth-order valence-electron chi connectivity index (χ4n) is 1.97. The lowest BCUT2D eigenvalue weighted by molar-refractivity contribution is 0.407.